The maximum atomic E-state index is 11.6. The van der Waals surface area contributed by atoms with Crippen LogP contribution in [0.25, 0.3) is 0 Å². The predicted molar refractivity (Wildman–Crippen MR) is 175 cm³/mol. The third kappa shape index (κ3) is 13.8. The van der Waals surface area contributed by atoms with Crippen molar-refractivity contribution < 1.29 is 34.3 Å². The lowest BCUT2D eigenvalue weighted by molar-refractivity contribution is -0.139. The molecule has 0 bridgehead atoms. The van der Waals surface area contributed by atoms with Crippen LogP contribution in [0.3, 0.4) is 0 Å². The molecule has 0 saturated carbocycles. The Labute approximate surface area is 268 Å². The topological polar surface area (TPSA) is 105 Å². The van der Waals surface area contributed by atoms with E-state index < -0.39 is 18.3 Å². The summed E-state index contributed by atoms with van der Waals surface area (Å²) in [5.41, 5.74) is 0.861. The van der Waals surface area contributed by atoms with Gasteiger partial charge in [-0.15, -0.1) is 0 Å². The summed E-state index contributed by atoms with van der Waals surface area (Å²) in [7, 11) is 0. The van der Waals surface area contributed by atoms with Gasteiger partial charge < -0.3 is 29.5 Å². The van der Waals surface area contributed by atoms with Gasteiger partial charge in [0.2, 0.25) is 0 Å². The fourth-order valence-electron chi connectivity index (χ4n) is 7.27. The molecule has 0 aromatic heterocycles. The van der Waals surface area contributed by atoms with Gasteiger partial charge in [-0.2, -0.15) is 0 Å². The van der Waals surface area contributed by atoms with Gasteiger partial charge in [-0.3, -0.25) is 0 Å². The molecular weight excluding hydrogens is 556 g/mol. The van der Waals surface area contributed by atoms with E-state index in [0.29, 0.717) is 6.42 Å². The fourth-order valence-corrected chi connectivity index (χ4v) is 7.27. The first-order valence-corrected chi connectivity index (χ1v) is 18.7. The highest BCUT2D eigenvalue weighted by atomic mass is 16.6. The van der Waals surface area contributed by atoms with Crippen LogP contribution in [0, 0.1) is 0 Å². The van der Waals surface area contributed by atoms with Crippen molar-refractivity contribution in [1.82, 2.24) is 0 Å². The number of cyclic esters (lactones) is 1. The molecule has 3 aliphatic heterocycles. The van der Waals surface area contributed by atoms with Gasteiger partial charge in [0, 0.05) is 5.57 Å². The quantitative estimate of drug-likeness (QED) is 0.0703. The average molecular weight is 623 g/mol. The highest BCUT2D eigenvalue weighted by Gasteiger charge is 2.42. The molecule has 0 spiro atoms. The molecule has 2 saturated heterocycles. The minimum Gasteiger partial charge on any atom is -0.455 e. The SMILES string of the molecule is CCCCCCCCCC(O)C(O)C1CCC(C2CCC(C(O)CCCCCCCCCCCCC3=CC(C)OC3=O)O2)O1. The Hall–Kier alpha value is -0.990. The Morgan fingerprint density at radius 2 is 1.18 bits per heavy atom. The summed E-state index contributed by atoms with van der Waals surface area (Å²) in [6, 6.07) is 0. The second-order valence-electron chi connectivity index (χ2n) is 14.0. The summed E-state index contributed by atoms with van der Waals surface area (Å²) in [5.74, 6) is -0.125. The third-order valence-electron chi connectivity index (χ3n) is 10.1. The number of aliphatic hydroxyl groups excluding tert-OH is 3. The van der Waals surface area contributed by atoms with E-state index in [0.717, 1.165) is 76.2 Å². The van der Waals surface area contributed by atoms with Gasteiger partial charge in [-0.25, -0.2) is 4.79 Å². The van der Waals surface area contributed by atoms with Crippen LogP contribution in [0.4, 0.5) is 0 Å². The number of esters is 1. The summed E-state index contributed by atoms with van der Waals surface area (Å²) in [6.07, 6.45) is 25.4. The standard InChI is InChI=1S/C37H66O7/c1-3-4-5-6-11-16-19-22-31(39)36(40)35-26-25-34(44-35)33-24-23-32(43-33)30(38)21-18-15-13-10-8-7-9-12-14-17-20-29-27-28(2)42-37(29)41/h27-28,30-36,38-40H,3-26H2,1-2H3. The van der Waals surface area contributed by atoms with E-state index in [1.54, 1.807) is 0 Å². The lowest BCUT2D eigenvalue weighted by Gasteiger charge is -2.26. The van der Waals surface area contributed by atoms with Gasteiger partial charge >= 0.3 is 5.97 Å². The predicted octanol–water partition coefficient (Wildman–Crippen LogP) is 7.86. The van der Waals surface area contributed by atoms with Gasteiger partial charge in [0.25, 0.3) is 0 Å². The first-order valence-electron chi connectivity index (χ1n) is 18.7. The van der Waals surface area contributed by atoms with E-state index in [-0.39, 0.29) is 36.5 Å². The largest absolute Gasteiger partial charge is 0.455 e. The number of carbonyl (C=O) groups is 1. The Morgan fingerprint density at radius 3 is 1.75 bits per heavy atom. The zero-order valence-electron chi connectivity index (χ0n) is 28.1. The van der Waals surface area contributed by atoms with Crippen molar-refractivity contribution in [2.45, 2.75) is 217 Å². The van der Waals surface area contributed by atoms with Crippen molar-refractivity contribution in [3.05, 3.63) is 11.6 Å². The van der Waals surface area contributed by atoms with Crippen LogP contribution in [-0.2, 0) is 19.0 Å². The maximum absolute atomic E-state index is 11.6. The Balaban J connectivity index is 1.14. The Kier molecular flexibility index (Phi) is 18.5. The number of rotatable bonds is 25. The number of hydrogen-bond acceptors (Lipinski definition) is 7. The zero-order valence-corrected chi connectivity index (χ0v) is 28.1. The number of unbranched alkanes of at least 4 members (excludes halogenated alkanes) is 15. The number of ether oxygens (including phenoxy) is 3. The highest BCUT2D eigenvalue weighted by Crippen LogP contribution is 2.35. The van der Waals surface area contributed by atoms with Crippen LogP contribution >= 0.6 is 0 Å². The van der Waals surface area contributed by atoms with E-state index in [2.05, 4.69) is 6.92 Å². The van der Waals surface area contributed by atoms with E-state index >= 15 is 0 Å². The second-order valence-corrected chi connectivity index (χ2v) is 14.0. The van der Waals surface area contributed by atoms with Gasteiger partial charge in [-0.05, 0) is 64.4 Å². The van der Waals surface area contributed by atoms with Crippen LogP contribution in [0.15, 0.2) is 11.6 Å². The molecule has 8 unspecified atom stereocenters. The van der Waals surface area contributed by atoms with Gasteiger partial charge in [0.05, 0.1) is 36.6 Å². The zero-order chi connectivity index (χ0) is 31.6. The van der Waals surface area contributed by atoms with Crippen molar-refractivity contribution in [2.24, 2.45) is 0 Å². The van der Waals surface area contributed by atoms with Crippen LogP contribution in [0.1, 0.15) is 168 Å². The van der Waals surface area contributed by atoms with Crippen LogP contribution < -0.4 is 0 Å². The molecule has 3 heterocycles. The van der Waals surface area contributed by atoms with E-state index in [1.165, 1.54) is 77.0 Å². The normalized spacial score (nSPS) is 27.4. The molecule has 3 N–H and O–H groups in total. The lowest BCUT2D eigenvalue weighted by Crippen LogP contribution is -2.39. The minimum absolute atomic E-state index is 0.0212. The fraction of sp³-hybridized carbons (Fsp3) is 0.919. The summed E-state index contributed by atoms with van der Waals surface area (Å²) < 4.78 is 17.6. The molecule has 44 heavy (non-hydrogen) atoms. The van der Waals surface area contributed by atoms with E-state index in [4.69, 9.17) is 14.2 Å². The highest BCUT2D eigenvalue weighted by molar-refractivity contribution is 5.90. The molecule has 2 fully saturated rings. The van der Waals surface area contributed by atoms with Crippen molar-refractivity contribution >= 4 is 5.97 Å². The van der Waals surface area contributed by atoms with Crippen LogP contribution in [0.5, 0.6) is 0 Å². The summed E-state index contributed by atoms with van der Waals surface area (Å²) in [5, 5.41) is 32.0. The Bertz CT molecular complexity index is 801. The number of hydrogen-bond donors (Lipinski definition) is 3. The second kappa shape index (κ2) is 21.7. The third-order valence-corrected chi connectivity index (χ3v) is 10.1. The minimum atomic E-state index is -0.833. The molecule has 256 valence electrons. The van der Waals surface area contributed by atoms with Gasteiger partial charge in [0.1, 0.15) is 12.2 Å². The molecule has 7 heteroatoms. The maximum Gasteiger partial charge on any atom is 0.334 e. The number of aliphatic hydroxyl groups is 3. The molecule has 7 nitrogen and oxygen atoms in total. The van der Waals surface area contributed by atoms with Crippen LogP contribution in [0.2, 0.25) is 0 Å². The lowest BCUT2D eigenvalue weighted by atomic mass is 9.98. The molecular formula is C37H66O7. The van der Waals surface area contributed by atoms with E-state index in [1.807, 2.05) is 13.0 Å². The van der Waals surface area contributed by atoms with E-state index in [9.17, 15) is 20.1 Å². The molecule has 0 aromatic rings. The molecule has 0 aromatic carbocycles. The molecule has 3 rings (SSSR count). The average Bonchev–Trinajstić information content (AvgIpc) is 3.77. The first kappa shape index (κ1) is 37.5. The molecule has 0 amide bonds. The molecule has 8 atom stereocenters. The monoisotopic (exact) mass is 622 g/mol. The van der Waals surface area contributed by atoms with Crippen molar-refractivity contribution in [3.63, 3.8) is 0 Å². The van der Waals surface area contributed by atoms with Gasteiger partial charge in [0.15, 0.2) is 0 Å². The van der Waals surface area contributed by atoms with Gasteiger partial charge in [-0.1, -0.05) is 110 Å². The number of carbonyl (C=O) groups excluding carboxylic acids is 1. The first-order chi connectivity index (χ1) is 21.4. The van der Waals surface area contributed by atoms with Crippen molar-refractivity contribution in [2.75, 3.05) is 0 Å². The molecule has 0 aliphatic carbocycles. The van der Waals surface area contributed by atoms with Crippen molar-refractivity contribution in [3.8, 4) is 0 Å². The molecule has 0 radical (unpaired) electrons. The summed E-state index contributed by atoms with van der Waals surface area (Å²) >= 11 is 0. The van der Waals surface area contributed by atoms with Crippen molar-refractivity contribution in [1.29, 1.82) is 0 Å². The summed E-state index contributed by atoms with van der Waals surface area (Å²) in [4.78, 5) is 11.6. The molecule has 3 aliphatic rings. The smallest absolute Gasteiger partial charge is 0.334 e. The Morgan fingerprint density at radius 1 is 0.682 bits per heavy atom. The summed E-state index contributed by atoms with van der Waals surface area (Å²) in [6.45, 7) is 4.14. The van der Waals surface area contributed by atoms with Crippen LogP contribution in [-0.4, -0.2) is 70.1 Å².